The van der Waals surface area contributed by atoms with Gasteiger partial charge in [0, 0.05) is 25.2 Å². The van der Waals surface area contributed by atoms with E-state index < -0.39 is 9.36 Å². The highest BCUT2D eigenvalue weighted by atomic mass is 28.3. The molecule has 2 rings (SSSR count). The summed E-state index contributed by atoms with van der Waals surface area (Å²) in [6.07, 6.45) is 13.7. The minimum Gasteiger partial charge on any atom is -0.393 e. The van der Waals surface area contributed by atoms with E-state index >= 15 is 0 Å². The van der Waals surface area contributed by atoms with E-state index in [2.05, 4.69) is 15.3 Å². The van der Waals surface area contributed by atoms with Crippen molar-refractivity contribution in [3.63, 3.8) is 0 Å². The third-order valence-corrected chi connectivity index (χ3v) is 6.74. The molecule has 0 saturated heterocycles. The van der Waals surface area contributed by atoms with Crippen molar-refractivity contribution < 1.29 is 4.43 Å². The highest BCUT2D eigenvalue weighted by Crippen LogP contribution is 2.19. The van der Waals surface area contributed by atoms with Crippen LogP contribution in [0.1, 0.15) is 64.2 Å². The molecule has 0 aromatic heterocycles. The molecular weight excluding hydrogens is 266 g/mol. The van der Waals surface area contributed by atoms with Gasteiger partial charge in [-0.1, -0.05) is 38.5 Å². The fourth-order valence-corrected chi connectivity index (χ4v) is 5.56. The molecule has 2 saturated carbocycles. The summed E-state index contributed by atoms with van der Waals surface area (Å²) in [6.45, 7) is 1.77. The molecule has 0 heterocycles. The van der Waals surface area contributed by atoms with Gasteiger partial charge in [-0.3, -0.25) is 0 Å². The van der Waals surface area contributed by atoms with Crippen LogP contribution in [0.2, 0.25) is 0 Å². The third-order valence-electron chi connectivity index (χ3n) is 4.62. The number of likely N-dealkylation sites (N-methyl/N-ethyl adjacent to an activating group) is 1. The van der Waals surface area contributed by atoms with Gasteiger partial charge in [-0.25, -0.2) is 0 Å². The normalized spacial score (nSPS) is 22.5. The molecule has 0 aliphatic heterocycles. The maximum Gasteiger partial charge on any atom is 0.335 e. The first-order chi connectivity index (χ1) is 9.88. The Bertz CT molecular complexity index is 223. The number of hydrogen-bond acceptors (Lipinski definition) is 4. The lowest BCUT2D eigenvalue weighted by Gasteiger charge is -2.31. The van der Waals surface area contributed by atoms with Gasteiger partial charge >= 0.3 is 9.36 Å². The van der Waals surface area contributed by atoms with E-state index in [1.165, 1.54) is 64.2 Å². The number of rotatable bonds is 8. The first kappa shape index (κ1) is 16.4. The number of hydrogen-bond donors (Lipinski definition) is 3. The molecule has 0 aromatic rings. The largest absolute Gasteiger partial charge is 0.393 e. The van der Waals surface area contributed by atoms with Crippen molar-refractivity contribution in [2.75, 3.05) is 20.2 Å². The van der Waals surface area contributed by atoms with E-state index in [9.17, 15) is 0 Å². The monoisotopic (exact) mass is 299 g/mol. The van der Waals surface area contributed by atoms with Crippen LogP contribution in [-0.2, 0) is 4.43 Å². The van der Waals surface area contributed by atoms with Gasteiger partial charge in [0.15, 0.2) is 0 Å². The molecule has 0 atom stereocenters. The molecule has 0 bridgehead atoms. The van der Waals surface area contributed by atoms with Crippen molar-refractivity contribution in [3.05, 3.63) is 0 Å². The minimum atomic E-state index is -1.45. The summed E-state index contributed by atoms with van der Waals surface area (Å²) < 4.78 is 6.14. The average Bonchev–Trinajstić information content (AvgIpc) is 2.49. The van der Waals surface area contributed by atoms with Crippen LogP contribution in [0.5, 0.6) is 0 Å². The summed E-state index contributed by atoms with van der Waals surface area (Å²) >= 11 is 0. The Morgan fingerprint density at radius 3 is 1.80 bits per heavy atom. The standard InChI is InChI=1S/C15H33N3OSi/c1-16-12-13-19-20(17-14-8-4-2-5-9-14)18-15-10-6-3-7-11-15/h14-18,20H,2-13H2,1H3. The molecule has 0 spiro atoms. The van der Waals surface area contributed by atoms with Crippen LogP contribution in [0, 0.1) is 0 Å². The SMILES string of the molecule is CNCCO[SiH](NC1CCCCC1)NC1CCCCC1. The molecule has 2 fully saturated rings. The third kappa shape index (κ3) is 6.22. The predicted octanol–water partition coefficient (Wildman–Crippen LogP) is 1.78. The van der Waals surface area contributed by atoms with Gasteiger partial charge in [-0.2, -0.15) is 0 Å². The Morgan fingerprint density at radius 2 is 1.35 bits per heavy atom. The molecule has 20 heavy (non-hydrogen) atoms. The molecule has 4 nitrogen and oxygen atoms in total. The van der Waals surface area contributed by atoms with E-state index in [1.54, 1.807) is 0 Å². The van der Waals surface area contributed by atoms with E-state index in [4.69, 9.17) is 4.43 Å². The van der Waals surface area contributed by atoms with Gasteiger partial charge in [0.1, 0.15) is 0 Å². The Balaban J connectivity index is 1.75. The van der Waals surface area contributed by atoms with Gasteiger partial charge in [0.2, 0.25) is 0 Å². The second-order valence-electron chi connectivity index (χ2n) is 6.36. The zero-order valence-corrected chi connectivity index (χ0v) is 14.3. The van der Waals surface area contributed by atoms with Gasteiger partial charge < -0.3 is 19.7 Å². The summed E-state index contributed by atoms with van der Waals surface area (Å²) in [4.78, 5) is 7.68. The summed E-state index contributed by atoms with van der Waals surface area (Å²) in [6, 6.07) is 1.40. The maximum atomic E-state index is 6.14. The lowest BCUT2D eigenvalue weighted by atomic mass is 9.96. The van der Waals surface area contributed by atoms with E-state index in [-0.39, 0.29) is 0 Å². The van der Waals surface area contributed by atoms with Crippen molar-refractivity contribution >= 4 is 9.36 Å². The second kappa shape index (κ2) is 9.90. The lowest BCUT2D eigenvalue weighted by Crippen LogP contribution is -2.58. The van der Waals surface area contributed by atoms with Gasteiger partial charge in [0.05, 0.1) is 0 Å². The zero-order chi connectivity index (χ0) is 14.0. The van der Waals surface area contributed by atoms with Crippen LogP contribution in [0.25, 0.3) is 0 Å². The Kier molecular flexibility index (Phi) is 8.13. The van der Waals surface area contributed by atoms with Crippen molar-refractivity contribution in [1.82, 2.24) is 15.3 Å². The molecule has 0 unspecified atom stereocenters. The van der Waals surface area contributed by atoms with Crippen molar-refractivity contribution in [2.24, 2.45) is 0 Å². The first-order valence-electron chi connectivity index (χ1n) is 8.67. The van der Waals surface area contributed by atoms with Crippen LogP contribution in [-0.4, -0.2) is 41.6 Å². The van der Waals surface area contributed by atoms with Gasteiger partial charge in [-0.15, -0.1) is 0 Å². The molecule has 3 N–H and O–H groups in total. The van der Waals surface area contributed by atoms with Crippen LogP contribution < -0.4 is 15.3 Å². The summed E-state index contributed by atoms with van der Waals surface area (Å²) in [7, 11) is 0.537. The van der Waals surface area contributed by atoms with Crippen LogP contribution >= 0.6 is 0 Å². The molecule has 118 valence electrons. The smallest absolute Gasteiger partial charge is 0.335 e. The van der Waals surface area contributed by atoms with E-state index in [0.717, 1.165) is 13.2 Å². The molecule has 5 heteroatoms. The predicted molar refractivity (Wildman–Crippen MR) is 87.0 cm³/mol. The quantitative estimate of drug-likeness (QED) is 0.472. The summed E-state index contributed by atoms with van der Waals surface area (Å²) in [5, 5.41) is 3.17. The lowest BCUT2D eigenvalue weighted by molar-refractivity contribution is 0.277. The van der Waals surface area contributed by atoms with Crippen LogP contribution in [0.3, 0.4) is 0 Å². The van der Waals surface area contributed by atoms with E-state index in [1.807, 2.05) is 7.05 Å². The molecule has 0 radical (unpaired) electrons. The molecular formula is C15H33N3OSi. The van der Waals surface area contributed by atoms with Crippen LogP contribution in [0.15, 0.2) is 0 Å². The fraction of sp³-hybridized carbons (Fsp3) is 1.00. The van der Waals surface area contributed by atoms with Crippen molar-refractivity contribution in [2.45, 2.75) is 76.3 Å². The average molecular weight is 300 g/mol. The first-order valence-corrected chi connectivity index (χ1v) is 10.3. The Hall–Kier alpha value is 0.0569. The minimum absolute atomic E-state index is 0.700. The topological polar surface area (TPSA) is 45.3 Å². The highest BCUT2D eigenvalue weighted by molar-refractivity contribution is 6.46. The van der Waals surface area contributed by atoms with Crippen LogP contribution in [0.4, 0.5) is 0 Å². The van der Waals surface area contributed by atoms with E-state index in [0.29, 0.717) is 12.1 Å². The van der Waals surface area contributed by atoms with Gasteiger partial charge in [0.25, 0.3) is 0 Å². The summed E-state index contributed by atoms with van der Waals surface area (Å²) in [5.74, 6) is 0. The second-order valence-corrected chi connectivity index (χ2v) is 8.12. The summed E-state index contributed by atoms with van der Waals surface area (Å²) in [5.41, 5.74) is 0. The maximum absolute atomic E-state index is 6.14. The number of nitrogens with one attached hydrogen (secondary N) is 3. The Labute approximate surface area is 126 Å². The molecule has 0 amide bonds. The Morgan fingerprint density at radius 1 is 0.850 bits per heavy atom. The highest BCUT2D eigenvalue weighted by Gasteiger charge is 2.24. The fourth-order valence-electron chi connectivity index (χ4n) is 3.39. The van der Waals surface area contributed by atoms with Gasteiger partial charge in [-0.05, 0) is 32.7 Å². The zero-order valence-electron chi connectivity index (χ0n) is 13.1. The van der Waals surface area contributed by atoms with Crippen molar-refractivity contribution in [1.29, 1.82) is 0 Å². The molecule has 0 aromatic carbocycles. The molecule has 2 aliphatic rings. The van der Waals surface area contributed by atoms with Crippen molar-refractivity contribution in [3.8, 4) is 0 Å². The molecule has 2 aliphatic carbocycles.